The number of hydrogen-bond acceptors (Lipinski definition) is 10. The van der Waals surface area contributed by atoms with Gasteiger partial charge in [0.15, 0.2) is 17.4 Å². The van der Waals surface area contributed by atoms with Gasteiger partial charge in [0.25, 0.3) is 11.5 Å². The second-order valence-corrected chi connectivity index (χ2v) is 15.9. The number of nitrogen functional groups attached to an aromatic ring is 1. The molecule has 4 fully saturated rings. The number of rotatable bonds is 6. The van der Waals surface area contributed by atoms with Crippen LogP contribution in [0.2, 0.25) is 0 Å². The fourth-order valence-electron chi connectivity index (χ4n) is 9.35. The molecule has 3 N–H and O–H groups in total. The summed E-state index contributed by atoms with van der Waals surface area (Å²) in [6.45, 7) is 0.149. The van der Waals surface area contributed by atoms with Crippen molar-refractivity contribution in [3.05, 3.63) is 81.9 Å². The van der Waals surface area contributed by atoms with Gasteiger partial charge in [0.05, 0.1) is 59.1 Å². The van der Waals surface area contributed by atoms with E-state index in [-0.39, 0.29) is 88.5 Å². The Balaban J connectivity index is 0.858. The van der Waals surface area contributed by atoms with E-state index in [0.29, 0.717) is 49.7 Å². The highest BCUT2D eigenvalue weighted by Crippen LogP contribution is 2.48. The van der Waals surface area contributed by atoms with Gasteiger partial charge in [-0.05, 0) is 93.1 Å². The number of piperidine rings is 1. The van der Waals surface area contributed by atoms with E-state index in [0.717, 1.165) is 12.1 Å². The number of ether oxygens (including phenoxy) is 2. The number of halogens is 4. The van der Waals surface area contributed by atoms with Crippen LogP contribution in [0.3, 0.4) is 0 Å². The van der Waals surface area contributed by atoms with Crippen LogP contribution in [0, 0.1) is 23.0 Å². The molecule has 2 atom stereocenters. The van der Waals surface area contributed by atoms with Gasteiger partial charge < -0.3 is 15.2 Å². The number of amides is 3. The largest absolute Gasteiger partial charge is 0.453 e. The quantitative estimate of drug-likeness (QED) is 0.153. The molecule has 2 aromatic heterocycles. The van der Waals surface area contributed by atoms with Gasteiger partial charge in [0.1, 0.15) is 23.2 Å². The first-order chi connectivity index (χ1) is 28.2. The van der Waals surface area contributed by atoms with Gasteiger partial charge in [-0.2, -0.15) is 10.4 Å². The van der Waals surface area contributed by atoms with E-state index >= 15 is 13.2 Å². The summed E-state index contributed by atoms with van der Waals surface area (Å²) in [6.07, 6.45) is 4.53. The molecule has 3 aliphatic heterocycles. The number of aryl methyl sites for hydroxylation is 1. The standard InChI is InChI=1S/C41H39F4N9O5/c1-51-34-16-25(31(43)15-27(34)37(50-51)53-13-9-35(55)49-39(53)57)29-8-12-52(20-41(29,44)45)22-6-10-40(11-7-22)17-23(19-58-40)54-21-48-33-5-2-24(14-26(33)38(54)56)59-36-28(18-46)32(47)4-3-30(36)42/h2-5,14-16,21-23,29H,6-13,17,19-20,47H2,1H3,(H,49,55,57)/t22?,23-,29?,40?/m1/s1. The van der Waals surface area contributed by atoms with Crippen LogP contribution in [0.1, 0.15) is 68.0 Å². The number of benzene rings is 3. The Bertz CT molecular complexity index is 2650. The van der Waals surface area contributed by atoms with E-state index in [4.69, 9.17) is 15.2 Å². The van der Waals surface area contributed by atoms with E-state index in [1.807, 2.05) is 6.07 Å². The molecule has 1 spiro atoms. The Kier molecular flexibility index (Phi) is 9.35. The maximum atomic E-state index is 16.1. The van der Waals surface area contributed by atoms with Crippen LogP contribution in [0.25, 0.3) is 21.8 Å². The number of alkyl halides is 2. The minimum atomic E-state index is -3.23. The summed E-state index contributed by atoms with van der Waals surface area (Å²) in [5, 5.41) is 16.6. The number of nitriles is 1. The van der Waals surface area contributed by atoms with Crippen LogP contribution in [-0.4, -0.2) is 80.0 Å². The molecular weight excluding hydrogens is 775 g/mol. The molecule has 3 aromatic carbocycles. The molecule has 14 nitrogen and oxygen atoms in total. The lowest BCUT2D eigenvalue weighted by Crippen LogP contribution is -2.53. The van der Waals surface area contributed by atoms with Crippen molar-refractivity contribution in [1.82, 2.24) is 29.5 Å². The second-order valence-electron chi connectivity index (χ2n) is 15.9. The third-order valence-electron chi connectivity index (χ3n) is 12.5. The molecule has 5 aromatic rings. The molecule has 306 valence electrons. The maximum absolute atomic E-state index is 16.1. The highest BCUT2D eigenvalue weighted by Gasteiger charge is 2.50. The SMILES string of the molecule is Cn1nc(N2CCC(=O)NC2=O)c2cc(F)c(C3CCN(C4CCC5(CC4)C[C@@H](n4cnc6ccc(Oc7c(F)ccc(N)c7C#N)cc6c4=O)CO5)CC3(F)F)cc21. The molecule has 59 heavy (non-hydrogen) atoms. The van der Waals surface area contributed by atoms with Crippen LogP contribution in [0.5, 0.6) is 11.5 Å². The lowest BCUT2D eigenvalue weighted by Gasteiger charge is -2.46. The van der Waals surface area contributed by atoms with Crippen molar-refractivity contribution in [2.45, 2.75) is 74.5 Å². The van der Waals surface area contributed by atoms with Gasteiger partial charge in [-0.1, -0.05) is 0 Å². The number of likely N-dealkylation sites (tertiary alicyclic amines) is 1. The third kappa shape index (κ3) is 6.71. The van der Waals surface area contributed by atoms with E-state index in [1.54, 1.807) is 18.0 Å². The van der Waals surface area contributed by atoms with Crippen molar-refractivity contribution in [3.8, 4) is 17.6 Å². The van der Waals surface area contributed by atoms with Crippen molar-refractivity contribution >= 4 is 45.2 Å². The minimum absolute atomic E-state index is 0.0372. The van der Waals surface area contributed by atoms with E-state index in [2.05, 4.69) is 15.4 Å². The molecular formula is C41H39F4N9O5. The summed E-state index contributed by atoms with van der Waals surface area (Å²) >= 11 is 0. The molecule has 5 heterocycles. The topological polar surface area (TPSA) is 174 Å². The average Bonchev–Trinajstić information content (AvgIpc) is 3.76. The second kappa shape index (κ2) is 14.3. The summed E-state index contributed by atoms with van der Waals surface area (Å²) < 4.78 is 77.6. The first-order valence-electron chi connectivity index (χ1n) is 19.4. The number of nitrogens with one attached hydrogen (secondary N) is 1. The van der Waals surface area contributed by atoms with Gasteiger partial charge in [-0.25, -0.2) is 27.3 Å². The zero-order chi connectivity index (χ0) is 41.4. The number of hydrogen-bond donors (Lipinski definition) is 2. The Morgan fingerprint density at radius 3 is 2.54 bits per heavy atom. The number of nitrogens with zero attached hydrogens (tertiary/aromatic N) is 7. The number of imide groups is 1. The molecule has 1 aliphatic carbocycles. The Morgan fingerprint density at radius 1 is 1.00 bits per heavy atom. The number of carbonyl (C=O) groups is 2. The molecule has 4 aliphatic rings. The molecule has 9 rings (SSSR count). The smallest absolute Gasteiger partial charge is 0.329 e. The van der Waals surface area contributed by atoms with E-state index < -0.39 is 47.6 Å². The minimum Gasteiger partial charge on any atom is -0.453 e. The summed E-state index contributed by atoms with van der Waals surface area (Å²) in [7, 11) is 1.59. The molecule has 0 radical (unpaired) electrons. The van der Waals surface area contributed by atoms with Crippen LogP contribution in [0.15, 0.2) is 53.6 Å². The van der Waals surface area contributed by atoms with Crippen LogP contribution in [0.4, 0.5) is 33.9 Å². The summed E-state index contributed by atoms with van der Waals surface area (Å²) in [5.41, 5.74) is 5.55. The van der Waals surface area contributed by atoms with Crippen molar-refractivity contribution in [2.75, 3.05) is 36.9 Å². The normalized spacial score (nSPS) is 24.8. The van der Waals surface area contributed by atoms with E-state index in [1.165, 1.54) is 44.7 Å². The third-order valence-corrected chi connectivity index (χ3v) is 12.5. The van der Waals surface area contributed by atoms with Gasteiger partial charge in [0.2, 0.25) is 5.91 Å². The number of carbonyl (C=O) groups excluding carboxylic acids is 2. The molecule has 1 unspecified atom stereocenters. The molecule has 3 saturated heterocycles. The number of aromatic nitrogens is 4. The van der Waals surface area contributed by atoms with Crippen LogP contribution in [-0.2, 0) is 16.6 Å². The molecule has 3 amide bonds. The number of nitrogens with two attached hydrogens (primary N) is 1. The predicted octanol–water partition coefficient (Wildman–Crippen LogP) is 6.02. The van der Waals surface area contributed by atoms with Gasteiger partial charge in [0, 0.05) is 31.4 Å². The highest BCUT2D eigenvalue weighted by atomic mass is 19.3. The van der Waals surface area contributed by atoms with Crippen molar-refractivity contribution in [2.24, 2.45) is 7.05 Å². The average molecular weight is 814 g/mol. The fourth-order valence-corrected chi connectivity index (χ4v) is 9.35. The Morgan fingerprint density at radius 2 is 1.80 bits per heavy atom. The van der Waals surface area contributed by atoms with E-state index in [9.17, 15) is 24.0 Å². The van der Waals surface area contributed by atoms with Crippen LogP contribution >= 0.6 is 0 Å². The lowest BCUT2D eigenvalue weighted by molar-refractivity contribution is -0.120. The number of urea groups is 1. The van der Waals surface area contributed by atoms with Gasteiger partial charge >= 0.3 is 6.03 Å². The molecule has 1 saturated carbocycles. The highest BCUT2D eigenvalue weighted by molar-refractivity contribution is 6.08. The fraction of sp³-hybridized carbons (Fsp3) is 0.415. The number of anilines is 2. The van der Waals surface area contributed by atoms with Crippen LogP contribution < -0.4 is 26.2 Å². The summed E-state index contributed by atoms with van der Waals surface area (Å²) in [4.78, 5) is 45.5. The first kappa shape index (κ1) is 38.5. The van der Waals surface area contributed by atoms with Gasteiger partial charge in [-0.15, -0.1) is 0 Å². The van der Waals surface area contributed by atoms with Crippen molar-refractivity contribution in [3.63, 3.8) is 0 Å². The first-order valence-corrected chi connectivity index (χ1v) is 19.4. The monoisotopic (exact) mass is 813 g/mol. The maximum Gasteiger partial charge on any atom is 0.329 e. The summed E-state index contributed by atoms with van der Waals surface area (Å²) in [6, 6.07) is 10.2. The van der Waals surface area contributed by atoms with Crippen molar-refractivity contribution in [1.29, 1.82) is 5.26 Å². The summed E-state index contributed by atoms with van der Waals surface area (Å²) in [5.74, 6) is -6.67. The van der Waals surface area contributed by atoms with Gasteiger partial charge in [-0.3, -0.25) is 34.0 Å². The zero-order valence-electron chi connectivity index (χ0n) is 31.9. The number of fused-ring (bicyclic) bond motifs is 2. The van der Waals surface area contributed by atoms with Crippen molar-refractivity contribution < 1.29 is 36.6 Å². The Labute approximate surface area is 334 Å². The molecule has 18 heteroatoms. The zero-order valence-corrected chi connectivity index (χ0v) is 31.9. The lowest BCUT2D eigenvalue weighted by atomic mass is 9.78. The predicted molar refractivity (Wildman–Crippen MR) is 206 cm³/mol. The Hall–Kier alpha value is -6.06. The molecule has 0 bridgehead atoms.